The molecule has 0 saturated heterocycles. The van der Waals surface area contributed by atoms with Crippen LogP contribution in [-0.2, 0) is 0 Å². The van der Waals surface area contributed by atoms with E-state index in [9.17, 15) is 4.79 Å². The van der Waals surface area contributed by atoms with Gasteiger partial charge in [-0.05, 0) is 29.6 Å². The monoisotopic (exact) mass is 258 g/mol. The van der Waals surface area contributed by atoms with Crippen LogP contribution in [0.4, 0.5) is 0 Å². The van der Waals surface area contributed by atoms with E-state index in [0.29, 0.717) is 11.1 Å². The quantitative estimate of drug-likeness (QED) is 0.768. The number of aromatic amines is 1. The van der Waals surface area contributed by atoms with Crippen LogP contribution in [0, 0.1) is 0 Å². The maximum atomic E-state index is 11.7. The van der Waals surface area contributed by atoms with Crippen molar-refractivity contribution in [2.24, 2.45) is 0 Å². The minimum absolute atomic E-state index is 0.187. The summed E-state index contributed by atoms with van der Waals surface area (Å²) in [5.74, 6) is 0.715. The maximum absolute atomic E-state index is 11.7. The SMILES string of the molecule is COc1ccc2c(=O)[nH]nc(-c3cccs3)c2c1. The van der Waals surface area contributed by atoms with Crippen LogP contribution in [-0.4, -0.2) is 17.3 Å². The molecule has 0 unspecified atom stereocenters. The van der Waals surface area contributed by atoms with Crippen LogP contribution in [0.5, 0.6) is 5.75 Å². The number of aromatic nitrogens is 2. The lowest BCUT2D eigenvalue weighted by Gasteiger charge is -2.05. The standard InChI is InChI=1S/C13H10N2O2S/c1-17-8-4-5-9-10(7-8)12(14-15-13(9)16)11-3-2-6-18-11/h2-7H,1H3,(H,15,16). The van der Waals surface area contributed by atoms with E-state index in [1.54, 1.807) is 30.6 Å². The van der Waals surface area contributed by atoms with Crippen molar-refractivity contribution in [3.8, 4) is 16.3 Å². The fraction of sp³-hybridized carbons (Fsp3) is 0.0769. The van der Waals surface area contributed by atoms with E-state index in [2.05, 4.69) is 10.2 Å². The molecule has 3 rings (SSSR count). The summed E-state index contributed by atoms with van der Waals surface area (Å²) >= 11 is 1.58. The molecule has 0 bridgehead atoms. The zero-order valence-corrected chi connectivity index (χ0v) is 10.5. The zero-order valence-electron chi connectivity index (χ0n) is 9.64. The van der Waals surface area contributed by atoms with Gasteiger partial charge in [0.1, 0.15) is 11.4 Å². The first-order valence-corrected chi connectivity index (χ1v) is 6.28. The van der Waals surface area contributed by atoms with Crippen molar-refractivity contribution < 1.29 is 4.74 Å². The van der Waals surface area contributed by atoms with Gasteiger partial charge in [0.15, 0.2) is 0 Å². The molecule has 0 aliphatic heterocycles. The Labute approximate surface area is 107 Å². The summed E-state index contributed by atoms with van der Waals surface area (Å²) < 4.78 is 5.20. The molecule has 18 heavy (non-hydrogen) atoms. The van der Waals surface area contributed by atoms with E-state index >= 15 is 0 Å². The second-order valence-corrected chi connectivity index (χ2v) is 4.74. The largest absolute Gasteiger partial charge is 0.497 e. The number of benzene rings is 1. The molecule has 0 fully saturated rings. The number of hydrogen-bond donors (Lipinski definition) is 1. The molecule has 1 N–H and O–H groups in total. The maximum Gasteiger partial charge on any atom is 0.272 e. The summed E-state index contributed by atoms with van der Waals surface area (Å²) in [6, 6.07) is 9.30. The van der Waals surface area contributed by atoms with Crippen molar-refractivity contribution in [2.45, 2.75) is 0 Å². The Hall–Kier alpha value is -2.14. The lowest BCUT2D eigenvalue weighted by atomic mass is 10.1. The van der Waals surface area contributed by atoms with Crippen LogP contribution in [0.25, 0.3) is 21.3 Å². The summed E-state index contributed by atoms with van der Waals surface area (Å²) in [5.41, 5.74) is 0.589. The van der Waals surface area contributed by atoms with E-state index in [4.69, 9.17) is 4.74 Å². The van der Waals surface area contributed by atoms with Gasteiger partial charge in [-0.15, -0.1) is 11.3 Å². The van der Waals surface area contributed by atoms with Gasteiger partial charge >= 0.3 is 0 Å². The van der Waals surface area contributed by atoms with Gasteiger partial charge in [0.2, 0.25) is 0 Å². The van der Waals surface area contributed by atoms with E-state index < -0.39 is 0 Å². The third kappa shape index (κ3) is 1.69. The second kappa shape index (κ2) is 4.27. The van der Waals surface area contributed by atoms with E-state index in [-0.39, 0.29) is 5.56 Å². The summed E-state index contributed by atoms with van der Waals surface area (Å²) in [4.78, 5) is 12.8. The zero-order chi connectivity index (χ0) is 12.5. The fourth-order valence-electron chi connectivity index (χ4n) is 1.87. The molecule has 1 aromatic carbocycles. The van der Waals surface area contributed by atoms with Gasteiger partial charge in [-0.2, -0.15) is 5.10 Å². The predicted molar refractivity (Wildman–Crippen MR) is 72.2 cm³/mol. The van der Waals surface area contributed by atoms with Gasteiger partial charge in [0.05, 0.1) is 17.4 Å². The predicted octanol–water partition coefficient (Wildman–Crippen LogP) is 2.66. The first kappa shape index (κ1) is 11.0. The van der Waals surface area contributed by atoms with Crippen LogP contribution in [0.2, 0.25) is 0 Å². The summed E-state index contributed by atoms with van der Waals surface area (Å²) in [7, 11) is 1.60. The highest BCUT2D eigenvalue weighted by Crippen LogP contribution is 2.29. The van der Waals surface area contributed by atoms with Gasteiger partial charge in [0.25, 0.3) is 5.56 Å². The number of H-pyrrole nitrogens is 1. The van der Waals surface area contributed by atoms with Crippen LogP contribution < -0.4 is 10.3 Å². The average molecular weight is 258 g/mol. The van der Waals surface area contributed by atoms with Crippen molar-refractivity contribution in [2.75, 3.05) is 7.11 Å². The van der Waals surface area contributed by atoms with E-state index in [0.717, 1.165) is 16.0 Å². The fourth-order valence-corrected chi connectivity index (χ4v) is 2.60. The lowest BCUT2D eigenvalue weighted by molar-refractivity contribution is 0.415. The molecule has 3 aromatic rings. The van der Waals surface area contributed by atoms with Gasteiger partial charge in [-0.1, -0.05) is 6.07 Å². The normalized spacial score (nSPS) is 10.7. The molecule has 5 heteroatoms. The van der Waals surface area contributed by atoms with Gasteiger partial charge < -0.3 is 4.74 Å². The molecule has 4 nitrogen and oxygen atoms in total. The van der Waals surface area contributed by atoms with Gasteiger partial charge in [0, 0.05) is 5.39 Å². The number of ether oxygens (including phenoxy) is 1. The summed E-state index contributed by atoms with van der Waals surface area (Å²) in [6.45, 7) is 0. The van der Waals surface area contributed by atoms with Crippen molar-refractivity contribution >= 4 is 22.1 Å². The Morgan fingerprint density at radius 3 is 2.89 bits per heavy atom. The van der Waals surface area contributed by atoms with Crippen molar-refractivity contribution in [3.63, 3.8) is 0 Å². The van der Waals surface area contributed by atoms with Crippen molar-refractivity contribution in [1.29, 1.82) is 0 Å². The number of nitrogens with one attached hydrogen (secondary N) is 1. The molecule has 0 aliphatic rings. The Morgan fingerprint density at radius 2 is 2.17 bits per heavy atom. The minimum Gasteiger partial charge on any atom is -0.497 e. The second-order valence-electron chi connectivity index (χ2n) is 3.79. The number of thiophene rings is 1. The highest BCUT2D eigenvalue weighted by atomic mass is 32.1. The number of nitrogens with zero attached hydrogens (tertiary/aromatic N) is 1. The Bertz CT molecular complexity index is 747. The molecule has 2 aromatic heterocycles. The third-order valence-electron chi connectivity index (χ3n) is 2.75. The highest BCUT2D eigenvalue weighted by Gasteiger charge is 2.10. The molecule has 0 amide bonds. The third-order valence-corrected chi connectivity index (χ3v) is 3.63. The smallest absolute Gasteiger partial charge is 0.272 e. The molecular formula is C13H10N2O2S. The molecule has 0 spiro atoms. The molecule has 0 radical (unpaired) electrons. The lowest BCUT2D eigenvalue weighted by Crippen LogP contribution is -2.09. The number of methoxy groups -OCH3 is 1. The first-order valence-electron chi connectivity index (χ1n) is 5.40. The summed E-state index contributed by atoms with van der Waals surface area (Å²) in [6.07, 6.45) is 0. The first-order chi connectivity index (χ1) is 8.79. The Kier molecular flexibility index (Phi) is 2.60. The van der Waals surface area contributed by atoms with Crippen molar-refractivity contribution in [1.82, 2.24) is 10.2 Å². The van der Waals surface area contributed by atoms with Crippen LogP contribution in [0.1, 0.15) is 0 Å². The highest BCUT2D eigenvalue weighted by molar-refractivity contribution is 7.13. The Morgan fingerprint density at radius 1 is 1.28 bits per heavy atom. The molecule has 90 valence electrons. The number of rotatable bonds is 2. The van der Waals surface area contributed by atoms with Crippen LogP contribution in [0.3, 0.4) is 0 Å². The molecule has 0 saturated carbocycles. The number of hydrogen-bond acceptors (Lipinski definition) is 4. The molecule has 2 heterocycles. The van der Waals surface area contributed by atoms with Crippen molar-refractivity contribution in [3.05, 3.63) is 46.1 Å². The van der Waals surface area contributed by atoms with Crippen LogP contribution >= 0.6 is 11.3 Å². The molecule has 0 aliphatic carbocycles. The van der Waals surface area contributed by atoms with E-state index in [1.807, 2.05) is 23.6 Å². The number of fused-ring (bicyclic) bond motifs is 1. The van der Waals surface area contributed by atoms with Gasteiger partial charge in [-0.3, -0.25) is 4.79 Å². The topological polar surface area (TPSA) is 55.0 Å². The molecule has 0 atom stereocenters. The minimum atomic E-state index is -0.187. The molecular weight excluding hydrogens is 248 g/mol. The van der Waals surface area contributed by atoms with E-state index in [1.165, 1.54) is 0 Å². The summed E-state index contributed by atoms with van der Waals surface area (Å²) in [5, 5.41) is 10.1. The van der Waals surface area contributed by atoms with Crippen LogP contribution in [0.15, 0.2) is 40.5 Å². The van der Waals surface area contributed by atoms with Gasteiger partial charge in [-0.25, -0.2) is 5.10 Å². The average Bonchev–Trinajstić information content (AvgIpc) is 2.92. The Balaban J connectivity index is 2.38.